The van der Waals surface area contributed by atoms with E-state index in [1.165, 1.54) is 12.1 Å². The Morgan fingerprint density at radius 3 is 2.43 bits per heavy atom. The third-order valence-electron chi connectivity index (χ3n) is 6.39. The fourth-order valence-corrected chi connectivity index (χ4v) is 5.46. The maximum atomic E-state index is 12.9. The minimum atomic E-state index is -4.00. The zero-order valence-electron chi connectivity index (χ0n) is 20.2. The van der Waals surface area contributed by atoms with Crippen LogP contribution in [0.15, 0.2) is 29.2 Å². The van der Waals surface area contributed by atoms with Gasteiger partial charge in [0.25, 0.3) is 0 Å². The first-order chi connectivity index (χ1) is 16.8. The average Bonchev–Trinajstić information content (AvgIpc) is 3.39. The highest BCUT2D eigenvalue weighted by Crippen LogP contribution is 2.15. The van der Waals surface area contributed by atoms with Crippen molar-refractivity contribution in [3.8, 4) is 0 Å². The summed E-state index contributed by atoms with van der Waals surface area (Å²) in [5.74, 6) is -1.58. The molecule has 2 aliphatic rings. The molecule has 0 radical (unpaired) electrons. The number of carbonyl (C=O) groups is 3. The Hall–Kier alpha value is -2.34. The lowest BCUT2D eigenvalue weighted by atomic mass is 9.97. The largest absolute Gasteiger partial charge is 0.391 e. The predicted octanol–water partition coefficient (Wildman–Crippen LogP) is 0.750. The summed E-state index contributed by atoms with van der Waals surface area (Å²) in [4.78, 5) is 37.4. The van der Waals surface area contributed by atoms with E-state index < -0.39 is 34.0 Å². The van der Waals surface area contributed by atoms with Gasteiger partial charge in [-0.3, -0.25) is 4.79 Å². The van der Waals surface area contributed by atoms with Gasteiger partial charge in [0.1, 0.15) is 12.1 Å². The molecule has 2 saturated heterocycles. The number of rotatable bonds is 11. The second-order valence-electron chi connectivity index (χ2n) is 9.19. The van der Waals surface area contributed by atoms with E-state index in [1.807, 2.05) is 6.92 Å². The van der Waals surface area contributed by atoms with Gasteiger partial charge < -0.3 is 20.7 Å². The Morgan fingerprint density at radius 2 is 1.77 bits per heavy atom. The van der Waals surface area contributed by atoms with Gasteiger partial charge in [-0.15, -0.1) is 0 Å². The zero-order valence-corrected chi connectivity index (χ0v) is 21.0. The number of hydrogen-bond acceptors (Lipinski definition) is 8. The maximum Gasteiger partial charge on any atom is 0.331 e. The number of ether oxygens (including phenoxy) is 1. The first-order valence-electron chi connectivity index (χ1n) is 12.3. The molecule has 0 aromatic heterocycles. The van der Waals surface area contributed by atoms with Crippen molar-refractivity contribution in [2.75, 3.05) is 26.2 Å². The monoisotopic (exact) mass is 508 g/mol. The molecular weight excluding hydrogens is 472 g/mol. The molecule has 0 saturated carbocycles. The number of unbranched alkanes of at least 4 members (excludes halogenated alkanes) is 1. The van der Waals surface area contributed by atoms with Crippen molar-refractivity contribution in [2.24, 2.45) is 5.92 Å². The molecule has 10 nitrogen and oxygen atoms in total. The van der Waals surface area contributed by atoms with Crippen molar-refractivity contribution in [3.05, 3.63) is 29.8 Å². The summed E-state index contributed by atoms with van der Waals surface area (Å²) in [5.41, 5.74) is 0.904. The van der Waals surface area contributed by atoms with Gasteiger partial charge in [-0.25, -0.2) is 18.0 Å². The fourth-order valence-electron chi connectivity index (χ4n) is 4.24. The second-order valence-corrected chi connectivity index (χ2v) is 10.9. The molecule has 11 heteroatoms. The fraction of sp³-hybridized carbons (Fsp3) is 0.625. The van der Waals surface area contributed by atoms with Crippen LogP contribution in [0.2, 0.25) is 0 Å². The zero-order chi connectivity index (χ0) is 25.3. The number of esters is 2. The van der Waals surface area contributed by atoms with E-state index in [-0.39, 0.29) is 23.1 Å². The van der Waals surface area contributed by atoms with Crippen LogP contribution < -0.4 is 20.7 Å². The van der Waals surface area contributed by atoms with Crippen LogP contribution in [0.3, 0.4) is 0 Å². The molecule has 2 fully saturated rings. The van der Waals surface area contributed by atoms with Gasteiger partial charge in [-0.2, -0.15) is 4.72 Å². The summed E-state index contributed by atoms with van der Waals surface area (Å²) in [6.45, 7) is 4.60. The molecule has 35 heavy (non-hydrogen) atoms. The van der Waals surface area contributed by atoms with Crippen molar-refractivity contribution >= 4 is 27.9 Å². The number of hydrogen-bond donors (Lipinski definition) is 4. The van der Waals surface area contributed by atoms with Gasteiger partial charge in [0.15, 0.2) is 0 Å². The SMILES string of the molecule is Cc1ccc(S(=O)(=O)N[C@@H](CCCCNC(=O)C2CCNCC2)C(=O)OC(=O)[C@@H]2CCCN2)cc1. The normalized spacial score (nSPS) is 19.7. The molecular formula is C24H36N4O6S. The van der Waals surface area contributed by atoms with E-state index in [2.05, 4.69) is 20.7 Å². The maximum absolute atomic E-state index is 12.9. The Kier molecular flexibility index (Phi) is 10.2. The lowest BCUT2D eigenvalue weighted by Gasteiger charge is -2.22. The summed E-state index contributed by atoms with van der Waals surface area (Å²) in [7, 11) is -4.00. The molecule has 2 atom stereocenters. The number of piperidine rings is 1. The van der Waals surface area contributed by atoms with E-state index in [0.717, 1.165) is 37.9 Å². The van der Waals surface area contributed by atoms with Crippen molar-refractivity contribution in [1.82, 2.24) is 20.7 Å². The molecule has 3 rings (SSSR count). The van der Waals surface area contributed by atoms with E-state index in [0.29, 0.717) is 32.4 Å². The number of nitrogens with one attached hydrogen (secondary N) is 4. The first kappa shape index (κ1) is 27.3. The third kappa shape index (κ3) is 8.38. The highest BCUT2D eigenvalue weighted by Gasteiger charge is 2.31. The van der Waals surface area contributed by atoms with Gasteiger partial charge >= 0.3 is 11.9 Å². The minimum absolute atomic E-state index is 0.00973. The number of amides is 1. The second kappa shape index (κ2) is 13.1. The standard InChI is InChI=1S/C24H36N4O6S/c1-17-7-9-19(10-8-17)35(32,33)28-21(24(31)34-23(30)20-6-4-14-26-20)5-2-3-13-27-22(29)18-11-15-25-16-12-18/h7-10,18,20-21,25-26,28H,2-6,11-16H2,1H3,(H,27,29)/t20-,21-/m0/s1. The number of sulfonamides is 1. The van der Waals surface area contributed by atoms with Crippen LogP contribution in [0, 0.1) is 12.8 Å². The van der Waals surface area contributed by atoms with Gasteiger partial charge in [0.05, 0.1) is 4.90 Å². The van der Waals surface area contributed by atoms with Gasteiger partial charge in [-0.1, -0.05) is 17.7 Å². The predicted molar refractivity (Wildman–Crippen MR) is 130 cm³/mol. The van der Waals surface area contributed by atoms with Crippen LogP contribution in [0.5, 0.6) is 0 Å². The Bertz CT molecular complexity index is 970. The van der Waals surface area contributed by atoms with Gasteiger partial charge in [-0.05, 0) is 83.6 Å². The lowest BCUT2D eigenvalue weighted by molar-refractivity contribution is -0.162. The number of benzene rings is 1. The van der Waals surface area contributed by atoms with E-state index in [9.17, 15) is 22.8 Å². The summed E-state index contributed by atoms with van der Waals surface area (Å²) >= 11 is 0. The van der Waals surface area contributed by atoms with Crippen LogP contribution in [0.4, 0.5) is 0 Å². The number of carbonyl (C=O) groups excluding carboxylic acids is 3. The van der Waals surface area contributed by atoms with E-state index >= 15 is 0 Å². The number of aryl methyl sites for hydroxylation is 1. The van der Waals surface area contributed by atoms with Crippen molar-refractivity contribution in [2.45, 2.75) is 68.8 Å². The molecule has 1 aromatic rings. The summed E-state index contributed by atoms with van der Waals surface area (Å²) < 4.78 is 33.2. The minimum Gasteiger partial charge on any atom is -0.391 e. The Balaban J connectivity index is 1.56. The van der Waals surface area contributed by atoms with Crippen LogP contribution in [-0.4, -0.2) is 64.5 Å². The Labute approximate surface area is 207 Å². The molecule has 1 aromatic carbocycles. The molecule has 0 unspecified atom stereocenters. The molecule has 0 spiro atoms. The van der Waals surface area contributed by atoms with Gasteiger partial charge in [0.2, 0.25) is 15.9 Å². The van der Waals surface area contributed by atoms with Crippen LogP contribution in [0.1, 0.15) is 50.5 Å². The quantitative estimate of drug-likeness (QED) is 0.195. The van der Waals surface area contributed by atoms with Gasteiger partial charge in [0, 0.05) is 12.5 Å². The van der Waals surface area contributed by atoms with E-state index in [1.54, 1.807) is 12.1 Å². The molecule has 4 N–H and O–H groups in total. The van der Waals surface area contributed by atoms with E-state index in [4.69, 9.17) is 4.74 Å². The summed E-state index contributed by atoms with van der Waals surface area (Å²) in [6, 6.07) is 4.49. The van der Waals surface area contributed by atoms with Crippen molar-refractivity contribution in [1.29, 1.82) is 0 Å². The lowest BCUT2D eigenvalue weighted by Crippen LogP contribution is -2.44. The molecule has 2 aliphatic heterocycles. The molecule has 1 amide bonds. The third-order valence-corrected chi connectivity index (χ3v) is 7.88. The van der Waals surface area contributed by atoms with Crippen molar-refractivity contribution < 1.29 is 27.5 Å². The highest BCUT2D eigenvalue weighted by molar-refractivity contribution is 7.89. The summed E-state index contributed by atoms with van der Waals surface area (Å²) in [5, 5.41) is 9.11. The van der Waals surface area contributed by atoms with Crippen LogP contribution >= 0.6 is 0 Å². The Morgan fingerprint density at radius 1 is 1.06 bits per heavy atom. The highest BCUT2D eigenvalue weighted by atomic mass is 32.2. The average molecular weight is 509 g/mol. The molecule has 2 heterocycles. The van der Waals surface area contributed by atoms with Crippen LogP contribution in [-0.2, 0) is 29.1 Å². The molecule has 194 valence electrons. The molecule has 0 bridgehead atoms. The smallest absolute Gasteiger partial charge is 0.331 e. The molecule has 0 aliphatic carbocycles. The van der Waals surface area contributed by atoms with Crippen molar-refractivity contribution in [3.63, 3.8) is 0 Å². The summed E-state index contributed by atoms with van der Waals surface area (Å²) in [6.07, 6.45) is 4.15. The topological polar surface area (TPSA) is 143 Å². The first-order valence-corrected chi connectivity index (χ1v) is 13.8. The van der Waals surface area contributed by atoms with Crippen LogP contribution in [0.25, 0.3) is 0 Å².